The Morgan fingerprint density at radius 2 is 2.12 bits per heavy atom. The summed E-state index contributed by atoms with van der Waals surface area (Å²) in [5, 5.41) is 14.6. The van der Waals surface area contributed by atoms with E-state index in [9.17, 15) is 4.79 Å². The monoisotopic (exact) mass is 230 g/mol. The molecule has 5 nitrogen and oxygen atoms in total. The fourth-order valence-corrected chi connectivity index (χ4v) is 1.82. The lowest BCUT2D eigenvalue weighted by atomic mass is 9.80. The van der Waals surface area contributed by atoms with Crippen LogP contribution in [0, 0.1) is 5.41 Å². The third-order valence-electron chi connectivity index (χ3n) is 3.02. The van der Waals surface area contributed by atoms with Crippen LogP contribution < -0.4 is 10.6 Å². The molecule has 0 radical (unpaired) electrons. The van der Waals surface area contributed by atoms with Gasteiger partial charge in [-0.15, -0.1) is 0 Å². The summed E-state index contributed by atoms with van der Waals surface area (Å²) in [6.45, 7) is 5.16. The van der Waals surface area contributed by atoms with Gasteiger partial charge in [0.2, 0.25) is 5.91 Å². The van der Waals surface area contributed by atoms with E-state index in [4.69, 9.17) is 9.84 Å². The first-order chi connectivity index (χ1) is 7.69. The fourth-order valence-electron chi connectivity index (χ4n) is 1.82. The molecule has 0 bridgehead atoms. The smallest absolute Gasteiger partial charge is 0.226 e. The first-order valence-electron chi connectivity index (χ1n) is 5.87. The van der Waals surface area contributed by atoms with Gasteiger partial charge in [0, 0.05) is 12.0 Å². The first-order valence-corrected chi connectivity index (χ1v) is 5.87. The second-order valence-electron chi connectivity index (χ2n) is 4.40. The Morgan fingerprint density at radius 3 is 2.75 bits per heavy atom. The van der Waals surface area contributed by atoms with Crippen molar-refractivity contribution in [2.45, 2.75) is 19.8 Å². The van der Waals surface area contributed by atoms with E-state index in [0.717, 1.165) is 25.9 Å². The molecule has 1 aliphatic heterocycles. The highest BCUT2D eigenvalue weighted by atomic mass is 16.5. The van der Waals surface area contributed by atoms with Gasteiger partial charge in [-0.1, -0.05) is 6.92 Å². The van der Waals surface area contributed by atoms with Crippen molar-refractivity contribution in [3.63, 3.8) is 0 Å². The molecule has 1 saturated heterocycles. The molecule has 0 aliphatic carbocycles. The number of amides is 1. The maximum Gasteiger partial charge on any atom is 0.226 e. The van der Waals surface area contributed by atoms with Gasteiger partial charge in [-0.3, -0.25) is 4.79 Å². The Balaban J connectivity index is 2.18. The van der Waals surface area contributed by atoms with Gasteiger partial charge in [-0.2, -0.15) is 0 Å². The van der Waals surface area contributed by atoms with E-state index in [1.807, 2.05) is 6.92 Å². The molecule has 1 aliphatic rings. The zero-order chi connectivity index (χ0) is 11.9. The number of hydrogen-bond donors (Lipinski definition) is 3. The highest BCUT2D eigenvalue weighted by Crippen LogP contribution is 2.27. The maximum absolute atomic E-state index is 11.9. The van der Waals surface area contributed by atoms with E-state index in [1.165, 1.54) is 0 Å². The average molecular weight is 230 g/mol. The van der Waals surface area contributed by atoms with Crippen LogP contribution in [0.1, 0.15) is 19.8 Å². The van der Waals surface area contributed by atoms with Gasteiger partial charge in [-0.25, -0.2) is 0 Å². The molecule has 1 heterocycles. The Morgan fingerprint density at radius 1 is 1.44 bits per heavy atom. The number of ether oxygens (including phenoxy) is 1. The molecular formula is C11H22N2O3. The molecule has 1 amide bonds. The van der Waals surface area contributed by atoms with Gasteiger partial charge in [0.25, 0.3) is 0 Å². The molecule has 16 heavy (non-hydrogen) atoms. The van der Waals surface area contributed by atoms with E-state index in [1.54, 1.807) is 0 Å². The average Bonchev–Trinajstić information content (AvgIpc) is 2.29. The normalized spacial score (nSPS) is 19.4. The highest BCUT2D eigenvalue weighted by Gasteiger charge is 2.33. The van der Waals surface area contributed by atoms with Gasteiger partial charge in [-0.05, 0) is 25.9 Å². The highest BCUT2D eigenvalue weighted by molar-refractivity contribution is 5.82. The van der Waals surface area contributed by atoms with Crippen LogP contribution in [0.2, 0.25) is 0 Å². The van der Waals surface area contributed by atoms with Gasteiger partial charge >= 0.3 is 0 Å². The molecule has 1 rings (SSSR count). The van der Waals surface area contributed by atoms with Crippen LogP contribution in [-0.4, -0.2) is 50.5 Å². The predicted molar refractivity (Wildman–Crippen MR) is 61.1 cm³/mol. The van der Waals surface area contributed by atoms with Crippen LogP contribution in [0.3, 0.4) is 0 Å². The van der Waals surface area contributed by atoms with Crippen LogP contribution in [0.25, 0.3) is 0 Å². The van der Waals surface area contributed by atoms with E-state index in [0.29, 0.717) is 19.8 Å². The van der Waals surface area contributed by atoms with E-state index in [2.05, 4.69) is 10.6 Å². The van der Waals surface area contributed by atoms with E-state index >= 15 is 0 Å². The second kappa shape index (κ2) is 6.83. The summed E-state index contributed by atoms with van der Waals surface area (Å²) >= 11 is 0. The first kappa shape index (κ1) is 13.4. The van der Waals surface area contributed by atoms with Crippen LogP contribution in [0.15, 0.2) is 0 Å². The lowest BCUT2D eigenvalue weighted by molar-refractivity contribution is -0.131. The van der Waals surface area contributed by atoms with Crippen molar-refractivity contribution in [1.82, 2.24) is 10.6 Å². The van der Waals surface area contributed by atoms with Crippen LogP contribution in [-0.2, 0) is 9.53 Å². The molecule has 94 valence electrons. The molecule has 5 heteroatoms. The third kappa shape index (κ3) is 4.08. The van der Waals surface area contributed by atoms with Gasteiger partial charge in [0.05, 0.1) is 19.8 Å². The predicted octanol–water partition coefficient (Wildman–Crippen LogP) is -0.499. The molecule has 0 aromatic heterocycles. The van der Waals surface area contributed by atoms with Crippen molar-refractivity contribution in [2.75, 3.05) is 39.5 Å². The van der Waals surface area contributed by atoms with Gasteiger partial charge in [0.15, 0.2) is 0 Å². The number of aliphatic hydroxyl groups is 1. The Kier molecular flexibility index (Phi) is 5.73. The number of hydrogen-bond acceptors (Lipinski definition) is 4. The number of piperidine rings is 1. The minimum atomic E-state index is -0.234. The zero-order valence-corrected chi connectivity index (χ0v) is 9.92. The lowest BCUT2D eigenvalue weighted by Gasteiger charge is -2.32. The fraction of sp³-hybridized carbons (Fsp3) is 0.909. The third-order valence-corrected chi connectivity index (χ3v) is 3.02. The molecule has 1 fully saturated rings. The van der Waals surface area contributed by atoms with Crippen molar-refractivity contribution in [2.24, 2.45) is 5.41 Å². The molecule has 0 aromatic carbocycles. The Labute approximate surface area is 96.6 Å². The van der Waals surface area contributed by atoms with E-state index < -0.39 is 0 Å². The topological polar surface area (TPSA) is 70.6 Å². The summed E-state index contributed by atoms with van der Waals surface area (Å²) in [4.78, 5) is 11.9. The summed E-state index contributed by atoms with van der Waals surface area (Å²) in [5.41, 5.74) is -0.234. The number of nitrogens with one attached hydrogen (secondary N) is 2. The summed E-state index contributed by atoms with van der Waals surface area (Å²) < 4.78 is 5.08. The molecular weight excluding hydrogens is 208 g/mol. The molecule has 0 spiro atoms. The molecule has 0 atom stereocenters. The summed E-state index contributed by atoms with van der Waals surface area (Å²) in [6.07, 6.45) is 1.77. The molecule has 0 aromatic rings. The van der Waals surface area contributed by atoms with Crippen molar-refractivity contribution in [3.8, 4) is 0 Å². The van der Waals surface area contributed by atoms with Crippen LogP contribution in [0.4, 0.5) is 0 Å². The van der Waals surface area contributed by atoms with Crippen molar-refractivity contribution < 1.29 is 14.6 Å². The molecule has 0 unspecified atom stereocenters. The Hall–Kier alpha value is -0.650. The standard InChI is InChI=1S/C11H22N2O3/c1-11(2-4-12-5-3-11)10(15)13-6-8-16-9-7-14/h12,14H,2-9H2,1H3,(H,13,15). The minimum Gasteiger partial charge on any atom is -0.394 e. The summed E-state index contributed by atoms with van der Waals surface area (Å²) in [7, 11) is 0. The molecule has 0 saturated carbocycles. The quantitative estimate of drug-likeness (QED) is 0.538. The Bertz CT molecular complexity index is 215. The second-order valence-corrected chi connectivity index (χ2v) is 4.40. The number of carbonyl (C=O) groups is 1. The zero-order valence-electron chi connectivity index (χ0n) is 9.92. The van der Waals surface area contributed by atoms with E-state index in [-0.39, 0.29) is 17.9 Å². The summed E-state index contributed by atoms with van der Waals surface area (Å²) in [6, 6.07) is 0. The maximum atomic E-state index is 11.9. The van der Waals surface area contributed by atoms with Gasteiger partial charge < -0.3 is 20.5 Å². The van der Waals surface area contributed by atoms with Crippen molar-refractivity contribution in [1.29, 1.82) is 0 Å². The van der Waals surface area contributed by atoms with Gasteiger partial charge in [0.1, 0.15) is 0 Å². The number of rotatable bonds is 6. The number of aliphatic hydroxyl groups excluding tert-OH is 1. The van der Waals surface area contributed by atoms with Crippen LogP contribution in [0.5, 0.6) is 0 Å². The molecule has 3 N–H and O–H groups in total. The minimum absolute atomic E-state index is 0.0251. The summed E-state index contributed by atoms with van der Waals surface area (Å²) in [5.74, 6) is 0.113. The van der Waals surface area contributed by atoms with Crippen molar-refractivity contribution >= 4 is 5.91 Å². The number of carbonyl (C=O) groups excluding carboxylic acids is 1. The van der Waals surface area contributed by atoms with Crippen molar-refractivity contribution in [3.05, 3.63) is 0 Å². The SMILES string of the molecule is CC1(C(=O)NCCOCCO)CCNCC1. The van der Waals surface area contributed by atoms with Crippen LogP contribution >= 0.6 is 0 Å². The largest absolute Gasteiger partial charge is 0.394 e. The lowest BCUT2D eigenvalue weighted by Crippen LogP contribution is -2.46.